The summed E-state index contributed by atoms with van der Waals surface area (Å²) in [6, 6.07) is 0. The Hall–Kier alpha value is -1.11. The number of thiazole rings is 1. The average Bonchev–Trinajstić information content (AvgIpc) is 2.87. The molecule has 2 rings (SSSR count). The van der Waals surface area contributed by atoms with E-state index >= 15 is 0 Å². The van der Waals surface area contributed by atoms with E-state index in [9.17, 15) is 0 Å². The fraction of sp³-hybridized carbons (Fsp3) is 0.400. The molecule has 92 valence electrons. The van der Waals surface area contributed by atoms with Crippen molar-refractivity contribution < 1.29 is 9.84 Å². The van der Waals surface area contributed by atoms with Gasteiger partial charge in [-0.15, -0.1) is 0 Å². The Morgan fingerprint density at radius 2 is 2.41 bits per heavy atom. The molecule has 0 aliphatic carbocycles. The SMILES string of the molecule is CCCn1cc(Oc2nc(Cl)c(CO)s2)cn1. The Balaban J connectivity index is 2.08. The lowest BCUT2D eigenvalue weighted by atomic mass is 10.5. The van der Waals surface area contributed by atoms with Crippen molar-refractivity contribution in [3.05, 3.63) is 22.4 Å². The van der Waals surface area contributed by atoms with E-state index < -0.39 is 0 Å². The summed E-state index contributed by atoms with van der Waals surface area (Å²) in [6.07, 6.45) is 4.44. The molecule has 0 aliphatic rings. The van der Waals surface area contributed by atoms with E-state index in [2.05, 4.69) is 17.0 Å². The van der Waals surface area contributed by atoms with Gasteiger partial charge < -0.3 is 9.84 Å². The van der Waals surface area contributed by atoms with Crippen molar-refractivity contribution in [2.45, 2.75) is 26.5 Å². The van der Waals surface area contributed by atoms with Gasteiger partial charge in [0.25, 0.3) is 5.19 Å². The normalized spacial score (nSPS) is 10.8. The molecular weight excluding hydrogens is 262 g/mol. The first-order valence-corrected chi connectivity index (χ1v) is 6.38. The molecule has 0 radical (unpaired) electrons. The average molecular weight is 274 g/mol. The van der Waals surface area contributed by atoms with Crippen molar-refractivity contribution >= 4 is 22.9 Å². The maximum Gasteiger partial charge on any atom is 0.280 e. The fourth-order valence-corrected chi connectivity index (χ4v) is 2.29. The van der Waals surface area contributed by atoms with Gasteiger partial charge in [0.15, 0.2) is 5.75 Å². The molecule has 0 unspecified atom stereocenters. The van der Waals surface area contributed by atoms with Crippen molar-refractivity contribution in [2.75, 3.05) is 0 Å². The van der Waals surface area contributed by atoms with Gasteiger partial charge in [-0.3, -0.25) is 4.68 Å². The molecule has 2 aromatic heterocycles. The molecule has 17 heavy (non-hydrogen) atoms. The number of nitrogens with zero attached hydrogens (tertiary/aromatic N) is 3. The van der Waals surface area contributed by atoms with Crippen LogP contribution in [0.25, 0.3) is 0 Å². The van der Waals surface area contributed by atoms with Crippen molar-refractivity contribution in [3.63, 3.8) is 0 Å². The molecule has 0 aromatic carbocycles. The van der Waals surface area contributed by atoms with Crippen LogP contribution < -0.4 is 4.74 Å². The number of ether oxygens (including phenoxy) is 1. The molecule has 0 aliphatic heterocycles. The molecule has 5 nitrogen and oxygen atoms in total. The Labute approximate surface area is 108 Å². The summed E-state index contributed by atoms with van der Waals surface area (Å²) in [5.41, 5.74) is 0. The zero-order valence-electron chi connectivity index (χ0n) is 9.26. The Kier molecular flexibility index (Phi) is 3.98. The van der Waals surface area contributed by atoms with E-state index in [1.807, 2.05) is 0 Å². The number of aliphatic hydroxyl groups is 1. The monoisotopic (exact) mass is 273 g/mol. The van der Waals surface area contributed by atoms with Crippen LogP contribution >= 0.6 is 22.9 Å². The minimum atomic E-state index is -0.130. The summed E-state index contributed by atoms with van der Waals surface area (Å²) < 4.78 is 7.30. The van der Waals surface area contributed by atoms with Crippen LogP contribution in [0.5, 0.6) is 10.9 Å². The summed E-state index contributed by atoms with van der Waals surface area (Å²) in [6.45, 7) is 2.80. The summed E-state index contributed by atoms with van der Waals surface area (Å²) in [5, 5.41) is 13.8. The molecule has 2 heterocycles. The maximum absolute atomic E-state index is 8.99. The third kappa shape index (κ3) is 2.96. The Morgan fingerprint density at radius 1 is 1.59 bits per heavy atom. The van der Waals surface area contributed by atoms with E-state index in [-0.39, 0.29) is 11.8 Å². The molecule has 0 bridgehead atoms. The van der Waals surface area contributed by atoms with Crippen LogP contribution in [0.2, 0.25) is 5.15 Å². The first-order chi connectivity index (χ1) is 8.22. The Morgan fingerprint density at radius 3 is 3.06 bits per heavy atom. The van der Waals surface area contributed by atoms with Gasteiger partial charge >= 0.3 is 0 Å². The second-order valence-corrected chi connectivity index (χ2v) is 4.80. The second-order valence-electron chi connectivity index (χ2n) is 3.39. The van der Waals surface area contributed by atoms with Gasteiger partial charge in [0.2, 0.25) is 0 Å². The van der Waals surface area contributed by atoms with Gasteiger partial charge in [0, 0.05) is 6.54 Å². The number of halogens is 1. The van der Waals surface area contributed by atoms with Crippen LogP contribution in [0.1, 0.15) is 18.2 Å². The lowest BCUT2D eigenvalue weighted by Crippen LogP contribution is -1.95. The molecule has 1 N–H and O–H groups in total. The van der Waals surface area contributed by atoms with Gasteiger partial charge in [-0.1, -0.05) is 29.9 Å². The van der Waals surface area contributed by atoms with E-state index in [1.165, 1.54) is 11.3 Å². The molecule has 0 spiro atoms. The van der Waals surface area contributed by atoms with E-state index in [1.54, 1.807) is 17.1 Å². The Bertz CT molecular complexity index is 497. The van der Waals surface area contributed by atoms with E-state index in [0.29, 0.717) is 15.8 Å². The minimum absolute atomic E-state index is 0.130. The summed E-state index contributed by atoms with van der Waals surface area (Å²) in [4.78, 5) is 4.60. The summed E-state index contributed by atoms with van der Waals surface area (Å²) in [5.74, 6) is 0.619. The highest BCUT2D eigenvalue weighted by Crippen LogP contribution is 2.31. The van der Waals surface area contributed by atoms with Crippen LogP contribution in [0, 0.1) is 0 Å². The van der Waals surface area contributed by atoms with Crippen molar-refractivity contribution in [2.24, 2.45) is 0 Å². The third-order valence-electron chi connectivity index (χ3n) is 2.04. The topological polar surface area (TPSA) is 60.2 Å². The number of aryl methyl sites for hydroxylation is 1. The standard InChI is InChI=1S/C10H12ClN3O2S/c1-2-3-14-5-7(4-12-14)16-10-13-9(11)8(6-15)17-10/h4-5,15H,2-3,6H2,1H3. The van der Waals surface area contributed by atoms with Crippen LogP contribution in [-0.4, -0.2) is 19.9 Å². The summed E-state index contributed by atoms with van der Waals surface area (Å²) >= 11 is 7.03. The first-order valence-electron chi connectivity index (χ1n) is 5.19. The molecular formula is C10H12ClN3O2S. The van der Waals surface area contributed by atoms with Gasteiger partial charge in [0.1, 0.15) is 5.15 Å². The molecule has 0 atom stereocenters. The number of hydrogen-bond acceptors (Lipinski definition) is 5. The quantitative estimate of drug-likeness (QED) is 0.910. The van der Waals surface area contributed by atoms with E-state index in [0.717, 1.165) is 13.0 Å². The van der Waals surface area contributed by atoms with Crippen LogP contribution in [-0.2, 0) is 13.2 Å². The molecule has 0 saturated heterocycles. The maximum atomic E-state index is 8.99. The first kappa shape index (κ1) is 12.3. The number of aliphatic hydroxyl groups excluding tert-OH is 1. The van der Waals surface area contributed by atoms with Gasteiger partial charge in [0.05, 0.1) is 23.9 Å². The highest BCUT2D eigenvalue weighted by Gasteiger charge is 2.10. The zero-order valence-corrected chi connectivity index (χ0v) is 10.8. The van der Waals surface area contributed by atoms with Crippen LogP contribution in [0.15, 0.2) is 12.4 Å². The third-order valence-corrected chi connectivity index (χ3v) is 3.38. The highest BCUT2D eigenvalue weighted by molar-refractivity contribution is 7.13. The fourth-order valence-electron chi connectivity index (χ4n) is 1.30. The van der Waals surface area contributed by atoms with E-state index in [4.69, 9.17) is 21.4 Å². The largest absolute Gasteiger partial charge is 0.427 e. The number of rotatable bonds is 5. The lowest BCUT2D eigenvalue weighted by Gasteiger charge is -1.96. The number of aromatic nitrogens is 3. The number of hydrogen-bond donors (Lipinski definition) is 1. The molecule has 0 saturated carbocycles. The molecule has 2 aromatic rings. The van der Waals surface area contributed by atoms with Crippen molar-refractivity contribution in [1.82, 2.24) is 14.8 Å². The van der Waals surface area contributed by atoms with Crippen molar-refractivity contribution in [1.29, 1.82) is 0 Å². The second kappa shape index (κ2) is 5.48. The van der Waals surface area contributed by atoms with Gasteiger partial charge in [-0.05, 0) is 6.42 Å². The molecule has 0 fully saturated rings. The van der Waals surface area contributed by atoms with Crippen LogP contribution in [0.3, 0.4) is 0 Å². The zero-order chi connectivity index (χ0) is 12.3. The predicted molar refractivity (Wildman–Crippen MR) is 65.6 cm³/mol. The lowest BCUT2D eigenvalue weighted by molar-refractivity contribution is 0.285. The smallest absolute Gasteiger partial charge is 0.280 e. The molecule has 0 amide bonds. The summed E-state index contributed by atoms with van der Waals surface area (Å²) in [7, 11) is 0. The van der Waals surface area contributed by atoms with Crippen molar-refractivity contribution in [3.8, 4) is 10.9 Å². The van der Waals surface area contributed by atoms with Gasteiger partial charge in [-0.2, -0.15) is 10.1 Å². The van der Waals surface area contributed by atoms with Gasteiger partial charge in [-0.25, -0.2) is 0 Å². The molecule has 7 heteroatoms. The predicted octanol–water partition coefficient (Wildman–Crippen LogP) is 2.69. The van der Waals surface area contributed by atoms with Crippen LogP contribution in [0.4, 0.5) is 0 Å². The minimum Gasteiger partial charge on any atom is -0.427 e. The highest BCUT2D eigenvalue weighted by atomic mass is 35.5.